The van der Waals surface area contributed by atoms with Gasteiger partial charge in [0.15, 0.2) is 0 Å². The van der Waals surface area contributed by atoms with Crippen LogP contribution < -0.4 is 5.56 Å². The second-order valence-corrected chi connectivity index (χ2v) is 7.77. The number of piperidine rings is 1. The van der Waals surface area contributed by atoms with Crippen molar-refractivity contribution in [2.45, 2.75) is 39.2 Å². The third-order valence-corrected chi connectivity index (χ3v) is 5.92. The molecule has 1 aromatic heterocycles. The number of aliphatic hydroxyl groups excluding tert-OH is 1. The van der Waals surface area contributed by atoms with Gasteiger partial charge < -0.3 is 19.5 Å². The number of rotatable bonds is 6. The van der Waals surface area contributed by atoms with E-state index in [2.05, 4.69) is 4.90 Å². The van der Waals surface area contributed by atoms with E-state index in [9.17, 15) is 14.7 Å². The maximum atomic E-state index is 12.7. The molecule has 2 aliphatic heterocycles. The second-order valence-electron chi connectivity index (χ2n) is 7.77. The summed E-state index contributed by atoms with van der Waals surface area (Å²) in [5.74, 6) is 0.602. The number of likely N-dealkylation sites (tertiary alicyclic amines) is 2. The van der Waals surface area contributed by atoms with Gasteiger partial charge in [0.25, 0.3) is 5.56 Å². The minimum Gasteiger partial charge on any atom is -0.396 e. The van der Waals surface area contributed by atoms with E-state index in [-0.39, 0.29) is 24.0 Å². The quantitative estimate of drug-likeness (QED) is 0.824. The summed E-state index contributed by atoms with van der Waals surface area (Å²) in [7, 11) is 0. The Labute approximate surface area is 155 Å². The van der Waals surface area contributed by atoms with Crippen molar-refractivity contribution in [1.29, 1.82) is 0 Å². The molecule has 3 heterocycles. The third-order valence-electron chi connectivity index (χ3n) is 5.92. The molecule has 1 N–H and O–H groups in total. The molecule has 0 bridgehead atoms. The van der Waals surface area contributed by atoms with Crippen molar-refractivity contribution in [2.75, 3.05) is 39.3 Å². The molecule has 26 heavy (non-hydrogen) atoms. The highest BCUT2D eigenvalue weighted by atomic mass is 16.3. The van der Waals surface area contributed by atoms with Crippen LogP contribution in [0.4, 0.5) is 0 Å². The summed E-state index contributed by atoms with van der Waals surface area (Å²) in [6.07, 6.45) is 4.15. The first-order chi connectivity index (χ1) is 12.6. The van der Waals surface area contributed by atoms with Crippen molar-refractivity contribution in [3.05, 3.63) is 34.2 Å². The van der Waals surface area contributed by atoms with Crippen molar-refractivity contribution in [3.8, 4) is 0 Å². The van der Waals surface area contributed by atoms with Gasteiger partial charge in [0, 0.05) is 56.9 Å². The van der Waals surface area contributed by atoms with E-state index in [1.165, 1.54) is 25.3 Å². The molecule has 0 spiro atoms. The minimum atomic E-state index is -0.0598. The fourth-order valence-electron chi connectivity index (χ4n) is 4.31. The Morgan fingerprint density at radius 1 is 1.15 bits per heavy atom. The van der Waals surface area contributed by atoms with Crippen molar-refractivity contribution in [3.63, 3.8) is 0 Å². The summed E-state index contributed by atoms with van der Waals surface area (Å²) in [5, 5.41) is 9.74. The van der Waals surface area contributed by atoms with E-state index in [0.29, 0.717) is 25.4 Å². The van der Waals surface area contributed by atoms with Crippen LogP contribution in [0.3, 0.4) is 0 Å². The molecule has 6 heteroatoms. The molecule has 144 valence electrons. The summed E-state index contributed by atoms with van der Waals surface area (Å²) < 4.78 is 1.66. The molecule has 6 nitrogen and oxygen atoms in total. The Kier molecular flexibility index (Phi) is 6.48. The summed E-state index contributed by atoms with van der Waals surface area (Å²) >= 11 is 0. The van der Waals surface area contributed by atoms with Crippen LogP contribution in [-0.2, 0) is 11.3 Å². The molecule has 2 fully saturated rings. The number of carbonyl (C=O) groups is 1. The fraction of sp³-hybridized carbons (Fsp3) is 0.700. The largest absolute Gasteiger partial charge is 0.396 e. The molecule has 2 saturated heterocycles. The molecule has 1 amide bonds. The Hall–Kier alpha value is -1.66. The lowest BCUT2D eigenvalue weighted by molar-refractivity contribution is -0.130. The van der Waals surface area contributed by atoms with E-state index in [1.54, 1.807) is 10.6 Å². The molecule has 3 rings (SSSR count). The molecule has 0 aromatic carbocycles. The van der Waals surface area contributed by atoms with Crippen molar-refractivity contribution < 1.29 is 9.90 Å². The normalized spacial score (nSPS) is 24.2. The van der Waals surface area contributed by atoms with Crippen LogP contribution in [0.25, 0.3) is 0 Å². The van der Waals surface area contributed by atoms with Crippen LogP contribution in [0.5, 0.6) is 0 Å². The maximum Gasteiger partial charge on any atom is 0.250 e. The lowest BCUT2D eigenvalue weighted by Crippen LogP contribution is -2.37. The number of pyridine rings is 1. The summed E-state index contributed by atoms with van der Waals surface area (Å²) in [6.45, 7) is 7.06. The minimum absolute atomic E-state index is 0.0598. The number of aromatic nitrogens is 1. The van der Waals surface area contributed by atoms with E-state index < -0.39 is 0 Å². The zero-order valence-corrected chi connectivity index (χ0v) is 15.8. The van der Waals surface area contributed by atoms with Crippen LogP contribution in [0.15, 0.2) is 23.0 Å². The maximum absolute atomic E-state index is 12.7. The van der Waals surface area contributed by atoms with E-state index in [1.807, 2.05) is 17.9 Å². The summed E-state index contributed by atoms with van der Waals surface area (Å²) in [6, 6.07) is 5.16. The Morgan fingerprint density at radius 3 is 2.58 bits per heavy atom. The predicted molar refractivity (Wildman–Crippen MR) is 101 cm³/mol. The smallest absolute Gasteiger partial charge is 0.250 e. The Morgan fingerprint density at radius 2 is 1.88 bits per heavy atom. The number of nitrogens with zero attached hydrogens (tertiary/aromatic N) is 3. The average molecular weight is 361 g/mol. The molecule has 0 unspecified atom stereocenters. The molecule has 0 saturated carbocycles. The van der Waals surface area contributed by atoms with Crippen LogP contribution in [0, 0.1) is 18.8 Å². The third kappa shape index (κ3) is 4.54. The van der Waals surface area contributed by atoms with Crippen LogP contribution in [0.1, 0.15) is 31.4 Å². The van der Waals surface area contributed by atoms with Gasteiger partial charge in [0.1, 0.15) is 0 Å². The first-order valence-corrected chi connectivity index (χ1v) is 9.86. The van der Waals surface area contributed by atoms with Crippen LogP contribution in [0.2, 0.25) is 0 Å². The molecule has 2 aliphatic rings. The first kappa shape index (κ1) is 19.1. The lowest BCUT2D eigenvalue weighted by Gasteiger charge is -2.30. The van der Waals surface area contributed by atoms with E-state index in [0.717, 1.165) is 31.9 Å². The number of amides is 1. The zero-order chi connectivity index (χ0) is 18.5. The first-order valence-electron chi connectivity index (χ1n) is 9.86. The SMILES string of the molecule is Cc1cccc(=O)n1CCC(=O)N1C[C@@H](CN2CCCCC2)[C@@H](CO)C1. The highest BCUT2D eigenvalue weighted by Gasteiger charge is 2.35. The lowest BCUT2D eigenvalue weighted by atomic mass is 9.95. The van der Waals surface area contributed by atoms with Gasteiger partial charge in [-0.25, -0.2) is 0 Å². The van der Waals surface area contributed by atoms with Gasteiger partial charge in [-0.15, -0.1) is 0 Å². The zero-order valence-electron chi connectivity index (χ0n) is 15.8. The molecule has 2 atom stereocenters. The highest BCUT2D eigenvalue weighted by Crippen LogP contribution is 2.26. The van der Waals surface area contributed by atoms with Gasteiger partial charge in [-0.1, -0.05) is 12.5 Å². The summed E-state index contributed by atoms with van der Waals surface area (Å²) in [5.41, 5.74) is 0.818. The van der Waals surface area contributed by atoms with Gasteiger partial charge >= 0.3 is 0 Å². The van der Waals surface area contributed by atoms with Crippen LogP contribution >= 0.6 is 0 Å². The van der Waals surface area contributed by atoms with Crippen molar-refractivity contribution in [1.82, 2.24) is 14.4 Å². The average Bonchev–Trinajstić information content (AvgIpc) is 3.05. The second kappa shape index (κ2) is 8.82. The van der Waals surface area contributed by atoms with Gasteiger partial charge in [-0.05, 0) is 44.8 Å². The molecular weight excluding hydrogens is 330 g/mol. The van der Waals surface area contributed by atoms with Crippen molar-refractivity contribution >= 4 is 5.91 Å². The van der Waals surface area contributed by atoms with Gasteiger partial charge in [0.2, 0.25) is 5.91 Å². The van der Waals surface area contributed by atoms with Gasteiger partial charge in [0.05, 0.1) is 0 Å². The highest BCUT2D eigenvalue weighted by molar-refractivity contribution is 5.76. The molecule has 0 aliphatic carbocycles. The van der Waals surface area contributed by atoms with Crippen molar-refractivity contribution in [2.24, 2.45) is 11.8 Å². The predicted octanol–water partition coefficient (Wildman–Crippen LogP) is 1.10. The number of carbonyl (C=O) groups excluding carboxylic acids is 1. The number of aryl methyl sites for hydroxylation is 1. The van der Waals surface area contributed by atoms with E-state index in [4.69, 9.17) is 0 Å². The number of hydrogen-bond acceptors (Lipinski definition) is 4. The Balaban J connectivity index is 1.55. The van der Waals surface area contributed by atoms with Gasteiger partial charge in [-0.2, -0.15) is 0 Å². The Bertz CT molecular complexity index is 667. The standard InChI is InChI=1S/C20H31N3O3/c1-16-6-5-7-20(26)23(16)11-8-19(25)22-13-17(18(14-22)15-24)12-21-9-3-2-4-10-21/h5-7,17-18,24H,2-4,8-15H2,1H3/t17-,18-/m1/s1. The fourth-order valence-corrected chi connectivity index (χ4v) is 4.31. The molecule has 1 aromatic rings. The molecule has 0 radical (unpaired) electrons. The topological polar surface area (TPSA) is 65.8 Å². The molecular formula is C20H31N3O3. The number of aliphatic hydroxyl groups is 1. The number of hydrogen-bond donors (Lipinski definition) is 1. The monoisotopic (exact) mass is 361 g/mol. The summed E-state index contributed by atoms with van der Waals surface area (Å²) in [4.78, 5) is 29.0. The van der Waals surface area contributed by atoms with E-state index >= 15 is 0 Å². The van der Waals surface area contributed by atoms with Crippen LogP contribution in [-0.4, -0.2) is 64.7 Å². The van der Waals surface area contributed by atoms with Gasteiger partial charge in [-0.3, -0.25) is 9.59 Å².